The standard InChI is InChI=1S/C16H18N2O3/c1-11-3-6-13(7-4-11)18(10-16(20)21)9-14-15(19)8-5-12(2)17-14/h3-8,19H,9-10H2,1-2H3,(H,20,21). The number of rotatable bonds is 5. The molecule has 110 valence electrons. The molecule has 0 aliphatic heterocycles. The number of hydrogen-bond acceptors (Lipinski definition) is 4. The van der Waals surface area contributed by atoms with Crippen molar-refractivity contribution < 1.29 is 15.0 Å². The van der Waals surface area contributed by atoms with E-state index in [-0.39, 0.29) is 18.8 Å². The van der Waals surface area contributed by atoms with Crippen molar-refractivity contribution >= 4 is 11.7 Å². The number of benzene rings is 1. The Balaban J connectivity index is 2.30. The topological polar surface area (TPSA) is 73.7 Å². The molecule has 0 fully saturated rings. The fourth-order valence-corrected chi connectivity index (χ4v) is 2.06. The normalized spacial score (nSPS) is 10.4. The summed E-state index contributed by atoms with van der Waals surface area (Å²) in [6, 6.07) is 10.9. The van der Waals surface area contributed by atoms with Crippen LogP contribution in [0.25, 0.3) is 0 Å². The summed E-state index contributed by atoms with van der Waals surface area (Å²) >= 11 is 0. The highest BCUT2D eigenvalue weighted by Crippen LogP contribution is 2.21. The van der Waals surface area contributed by atoms with E-state index in [0.717, 1.165) is 16.9 Å². The molecule has 0 atom stereocenters. The monoisotopic (exact) mass is 286 g/mol. The molecular formula is C16H18N2O3. The van der Waals surface area contributed by atoms with Crippen LogP contribution in [0.15, 0.2) is 36.4 Å². The maximum atomic E-state index is 11.1. The van der Waals surface area contributed by atoms with Crippen LogP contribution in [-0.4, -0.2) is 27.7 Å². The number of aliphatic carboxylic acids is 1. The highest BCUT2D eigenvalue weighted by molar-refractivity contribution is 5.73. The minimum Gasteiger partial charge on any atom is -0.506 e. The van der Waals surface area contributed by atoms with Gasteiger partial charge in [0, 0.05) is 11.4 Å². The van der Waals surface area contributed by atoms with E-state index in [2.05, 4.69) is 4.98 Å². The van der Waals surface area contributed by atoms with Crippen molar-refractivity contribution in [1.29, 1.82) is 0 Å². The van der Waals surface area contributed by atoms with Gasteiger partial charge in [-0.05, 0) is 38.1 Å². The van der Waals surface area contributed by atoms with Gasteiger partial charge in [-0.2, -0.15) is 0 Å². The lowest BCUT2D eigenvalue weighted by Crippen LogP contribution is -2.29. The largest absolute Gasteiger partial charge is 0.506 e. The molecular weight excluding hydrogens is 268 g/mol. The highest BCUT2D eigenvalue weighted by atomic mass is 16.4. The van der Waals surface area contributed by atoms with Gasteiger partial charge in [-0.15, -0.1) is 0 Å². The van der Waals surface area contributed by atoms with Crippen LogP contribution in [0.1, 0.15) is 17.0 Å². The molecule has 0 unspecified atom stereocenters. The molecule has 0 saturated carbocycles. The van der Waals surface area contributed by atoms with E-state index in [4.69, 9.17) is 5.11 Å². The Morgan fingerprint density at radius 2 is 1.81 bits per heavy atom. The second kappa shape index (κ2) is 6.26. The van der Waals surface area contributed by atoms with Gasteiger partial charge >= 0.3 is 5.97 Å². The minimum atomic E-state index is -0.928. The first kappa shape index (κ1) is 14.8. The SMILES string of the molecule is Cc1ccc(N(CC(=O)O)Cc2nc(C)ccc2O)cc1. The third-order valence-corrected chi connectivity index (χ3v) is 3.16. The number of pyridine rings is 1. The molecule has 0 spiro atoms. The molecule has 5 heteroatoms. The summed E-state index contributed by atoms with van der Waals surface area (Å²) in [5.74, 6) is -0.856. The van der Waals surface area contributed by atoms with Crippen LogP contribution in [-0.2, 0) is 11.3 Å². The van der Waals surface area contributed by atoms with E-state index >= 15 is 0 Å². The number of hydrogen-bond donors (Lipinski definition) is 2. The zero-order valence-corrected chi connectivity index (χ0v) is 12.1. The lowest BCUT2D eigenvalue weighted by atomic mass is 10.2. The van der Waals surface area contributed by atoms with Gasteiger partial charge in [0.25, 0.3) is 0 Å². The van der Waals surface area contributed by atoms with Gasteiger partial charge in [0.2, 0.25) is 0 Å². The van der Waals surface area contributed by atoms with Gasteiger partial charge < -0.3 is 15.1 Å². The molecule has 0 radical (unpaired) electrons. The van der Waals surface area contributed by atoms with Gasteiger partial charge in [0.05, 0.1) is 6.54 Å². The second-order valence-corrected chi connectivity index (χ2v) is 5.00. The summed E-state index contributed by atoms with van der Waals surface area (Å²) in [5.41, 5.74) is 3.13. The fraction of sp³-hybridized carbons (Fsp3) is 0.250. The van der Waals surface area contributed by atoms with E-state index in [9.17, 15) is 9.90 Å². The molecule has 0 saturated heterocycles. The Hall–Kier alpha value is -2.56. The predicted molar refractivity (Wildman–Crippen MR) is 80.5 cm³/mol. The smallest absolute Gasteiger partial charge is 0.323 e. The van der Waals surface area contributed by atoms with Crippen molar-refractivity contribution in [3.05, 3.63) is 53.3 Å². The van der Waals surface area contributed by atoms with Gasteiger partial charge in [0.1, 0.15) is 18.0 Å². The number of aromatic nitrogens is 1. The van der Waals surface area contributed by atoms with Crippen LogP contribution in [0.5, 0.6) is 5.75 Å². The number of aromatic hydroxyl groups is 1. The number of carboxylic acids is 1. The summed E-state index contributed by atoms with van der Waals surface area (Å²) in [4.78, 5) is 17.0. The molecule has 0 aliphatic carbocycles. The van der Waals surface area contributed by atoms with Crippen LogP contribution in [0, 0.1) is 13.8 Å². The highest BCUT2D eigenvalue weighted by Gasteiger charge is 2.14. The molecule has 0 bridgehead atoms. The van der Waals surface area contributed by atoms with E-state index in [0.29, 0.717) is 5.69 Å². The number of carboxylic acid groups (broad SMARTS) is 1. The summed E-state index contributed by atoms with van der Waals surface area (Å²) < 4.78 is 0. The summed E-state index contributed by atoms with van der Waals surface area (Å²) in [6.07, 6.45) is 0. The fourth-order valence-electron chi connectivity index (χ4n) is 2.06. The number of anilines is 1. The lowest BCUT2D eigenvalue weighted by molar-refractivity contribution is -0.135. The first-order valence-electron chi connectivity index (χ1n) is 6.64. The third kappa shape index (κ3) is 3.95. The molecule has 5 nitrogen and oxygen atoms in total. The maximum Gasteiger partial charge on any atom is 0.323 e. The van der Waals surface area contributed by atoms with Crippen LogP contribution in [0.3, 0.4) is 0 Å². The van der Waals surface area contributed by atoms with Gasteiger partial charge in [-0.3, -0.25) is 9.78 Å². The van der Waals surface area contributed by atoms with Crippen LogP contribution < -0.4 is 4.90 Å². The zero-order valence-electron chi connectivity index (χ0n) is 12.1. The minimum absolute atomic E-state index is 0.0723. The van der Waals surface area contributed by atoms with E-state index in [1.54, 1.807) is 17.0 Å². The van der Waals surface area contributed by atoms with E-state index in [1.807, 2.05) is 38.1 Å². The maximum absolute atomic E-state index is 11.1. The lowest BCUT2D eigenvalue weighted by Gasteiger charge is -2.23. The van der Waals surface area contributed by atoms with Crippen molar-refractivity contribution in [1.82, 2.24) is 4.98 Å². The predicted octanol–water partition coefficient (Wildman–Crippen LogP) is 2.50. The number of aryl methyl sites for hydroxylation is 2. The first-order valence-corrected chi connectivity index (χ1v) is 6.64. The van der Waals surface area contributed by atoms with E-state index < -0.39 is 5.97 Å². The van der Waals surface area contributed by atoms with Gasteiger partial charge in [-0.25, -0.2) is 0 Å². The molecule has 1 aromatic carbocycles. The van der Waals surface area contributed by atoms with Crippen molar-refractivity contribution in [3.8, 4) is 5.75 Å². The summed E-state index contributed by atoms with van der Waals surface area (Å²) in [6.45, 7) is 3.89. The van der Waals surface area contributed by atoms with Crippen LogP contribution in [0.4, 0.5) is 5.69 Å². The van der Waals surface area contributed by atoms with E-state index in [1.165, 1.54) is 0 Å². The second-order valence-electron chi connectivity index (χ2n) is 5.00. The van der Waals surface area contributed by atoms with Crippen molar-refractivity contribution in [3.63, 3.8) is 0 Å². The van der Waals surface area contributed by atoms with Crippen LogP contribution >= 0.6 is 0 Å². The van der Waals surface area contributed by atoms with Crippen molar-refractivity contribution in [2.24, 2.45) is 0 Å². The van der Waals surface area contributed by atoms with Gasteiger partial charge in [-0.1, -0.05) is 17.7 Å². The number of carbonyl (C=O) groups is 1. The van der Waals surface area contributed by atoms with Crippen molar-refractivity contribution in [2.45, 2.75) is 20.4 Å². The average molecular weight is 286 g/mol. The Morgan fingerprint density at radius 1 is 1.14 bits per heavy atom. The quantitative estimate of drug-likeness (QED) is 0.883. The zero-order chi connectivity index (χ0) is 15.4. The van der Waals surface area contributed by atoms with Crippen molar-refractivity contribution in [2.75, 3.05) is 11.4 Å². The summed E-state index contributed by atoms with van der Waals surface area (Å²) in [7, 11) is 0. The molecule has 2 rings (SSSR count). The molecule has 0 aliphatic rings. The number of nitrogens with zero attached hydrogens (tertiary/aromatic N) is 2. The molecule has 1 aromatic heterocycles. The molecule has 21 heavy (non-hydrogen) atoms. The Kier molecular flexibility index (Phi) is 4.42. The van der Waals surface area contributed by atoms with Gasteiger partial charge in [0.15, 0.2) is 0 Å². The molecule has 1 heterocycles. The summed E-state index contributed by atoms with van der Waals surface area (Å²) in [5, 5.41) is 18.9. The Bertz CT molecular complexity index is 638. The molecule has 2 N–H and O–H groups in total. The first-order chi connectivity index (χ1) is 9.95. The Labute approximate surface area is 123 Å². The van der Waals surface area contributed by atoms with Crippen LogP contribution in [0.2, 0.25) is 0 Å². The Morgan fingerprint density at radius 3 is 2.43 bits per heavy atom. The molecule has 0 amide bonds. The molecule has 2 aromatic rings. The average Bonchev–Trinajstić information content (AvgIpc) is 2.42. The third-order valence-electron chi connectivity index (χ3n) is 3.16.